The van der Waals surface area contributed by atoms with E-state index in [0.29, 0.717) is 0 Å². The van der Waals surface area contributed by atoms with Crippen LogP contribution in [0.15, 0.2) is 144 Å². The molecule has 0 spiro atoms. The zero-order valence-electron chi connectivity index (χ0n) is 22.7. The number of nitrogens with zero attached hydrogens (tertiary/aromatic N) is 3. The van der Waals surface area contributed by atoms with Gasteiger partial charge in [-0.3, -0.25) is 4.57 Å². The fraction of sp³-hybridized carbons (Fsp3) is 0.0263. The first-order valence-electron chi connectivity index (χ1n) is 14.2. The molecule has 1 aliphatic rings. The Bertz CT molecular complexity index is 2200. The van der Waals surface area contributed by atoms with Crippen molar-refractivity contribution in [2.75, 3.05) is 0 Å². The zero-order chi connectivity index (χ0) is 27.6. The molecule has 0 atom stereocenters. The Balaban J connectivity index is 1.27. The van der Waals surface area contributed by atoms with Crippen molar-refractivity contribution in [1.29, 1.82) is 0 Å². The highest BCUT2D eigenvalue weighted by Crippen LogP contribution is 2.41. The van der Waals surface area contributed by atoms with Crippen LogP contribution in [0.4, 0.5) is 0 Å². The maximum absolute atomic E-state index is 4.91. The largest absolute Gasteiger partial charge is 0.309 e. The van der Waals surface area contributed by atoms with Gasteiger partial charge in [0.25, 0.3) is 0 Å². The van der Waals surface area contributed by atoms with Gasteiger partial charge in [-0.1, -0.05) is 84.9 Å². The number of hydrogen-bond acceptors (Lipinski definition) is 2. The van der Waals surface area contributed by atoms with Crippen LogP contribution in [0.25, 0.3) is 66.5 Å². The first-order chi connectivity index (χ1) is 20.8. The van der Waals surface area contributed by atoms with Gasteiger partial charge < -0.3 is 4.57 Å². The summed E-state index contributed by atoms with van der Waals surface area (Å²) in [5.41, 5.74) is 11.9. The van der Waals surface area contributed by atoms with Crippen molar-refractivity contribution in [3.8, 4) is 33.6 Å². The van der Waals surface area contributed by atoms with E-state index in [0.717, 1.165) is 17.1 Å². The fourth-order valence-corrected chi connectivity index (χ4v) is 7.44. The topological polar surface area (TPSA) is 22.8 Å². The number of aromatic nitrogens is 3. The third kappa shape index (κ3) is 3.59. The van der Waals surface area contributed by atoms with Gasteiger partial charge in [0.1, 0.15) is 5.82 Å². The van der Waals surface area contributed by atoms with Crippen molar-refractivity contribution in [2.45, 2.75) is 10.6 Å². The lowest BCUT2D eigenvalue weighted by Crippen LogP contribution is -2.07. The number of benzene rings is 6. The zero-order valence-corrected chi connectivity index (χ0v) is 23.6. The van der Waals surface area contributed by atoms with Crippen LogP contribution in [0.2, 0.25) is 0 Å². The maximum Gasteiger partial charge on any atom is 0.124 e. The monoisotopic (exact) mass is 555 g/mol. The van der Waals surface area contributed by atoms with Crippen LogP contribution in [0.5, 0.6) is 0 Å². The Kier molecular flexibility index (Phi) is 5.19. The number of thioether (sulfide) groups is 1. The van der Waals surface area contributed by atoms with Crippen molar-refractivity contribution < 1.29 is 0 Å². The second-order valence-electron chi connectivity index (χ2n) is 10.8. The van der Waals surface area contributed by atoms with Crippen molar-refractivity contribution >= 4 is 44.6 Å². The molecule has 0 amide bonds. The van der Waals surface area contributed by atoms with E-state index in [1.807, 2.05) is 11.8 Å². The van der Waals surface area contributed by atoms with E-state index in [1.54, 1.807) is 0 Å². The molecular weight excluding hydrogens is 531 g/mol. The summed E-state index contributed by atoms with van der Waals surface area (Å²) >= 11 is 1.87. The normalized spacial score (nSPS) is 12.6. The van der Waals surface area contributed by atoms with Crippen LogP contribution in [-0.2, 0) is 5.75 Å². The summed E-state index contributed by atoms with van der Waals surface area (Å²) in [6.45, 7) is 0. The number of imidazole rings is 1. The average molecular weight is 556 g/mol. The van der Waals surface area contributed by atoms with Gasteiger partial charge in [0.15, 0.2) is 0 Å². The summed E-state index contributed by atoms with van der Waals surface area (Å²) in [5.74, 6) is 1.97. The minimum Gasteiger partial charge on any atom is -0.309 e. The molecule has 0 fully saturated rings. The highest BCUT2D eigenvalue weighted by molar-refractivity contribution is 7.98. The molecule has 0 aliphatic carbocycles. The molecule has 8 aromatic rings. The van der Waals surface area contributed by atoms with Gasteiger partial charge in [-0.25, -0.2) is 4.98 Å². The minimum atomic E-state index is 0.860. The van der Waals surface area contributed by atoms with E-state index in [-0.39, 0.29) is 0 Å². The highest BCUT2D eigenvalue weighted by Gasteiger charge is 2.22. The Morgan fingerprint density at radius 2 is 1.12 bits per heavy atom. The van der Waals surface area contributed by atoms with E-state index in [1.165, 1.54) is 65.8 Å². The Morgan fingerprint density at radius 1 is 0.500 bits per heavy atom. The molecule has 3 nitrogen and oxygen atoms in total. The summed E-state index contributed by atoms with van der Waals surface area (Å²) < 4.78 is 4.76. The summed E-state index contributed by atoms with van der Waals surface area (Å²) in [6, 6.07) is 50.4. The highest BCUT2D eigenvalue weighted by atomic mass is 32.2. The molecule has 0 saturated heterocycles. The van der Waals surface area contributed by atoms with Crippen LogP contribution >= 0.6 is 11.8 Å². The number of para-hydroxylation sites is 2. The maximum atomic E-state index is 4.91. The molecule has 9 rings (SSSR count). The van der Waals surface area contributed by atoms with Crippen molar-refractivity contribution in [2.24, 2.45) is 0 Å². The van der Waals surface area contributed by atoms with E-state index >= 15 is 0 Å². The molecule has 1 aliphatic heterocycles. The van der Waals surface area contributed by atoms with Crippen LogP contribution in [0.3, 0.4) is 0 Å². The van der Waals surface area contributed by atoms with Crippen molar-refractivity contribution in [3.63, 3.8) is 0 Å². The lowest BCUT2D eigenvalue weighted by Gasteiger charge is -2.20. The van der Waals surface area contributed by atoms with Crippen molar-refractivity contribution in [3.05, 3.63) is 145 Å². The quantitative estimate of drug-likeness (QED) is 0.216. The van der Waals surface area contributed by atoms with Crippen molar-refractivity contribution in [1.82, 2.24) is 14.1 Å². The molecule has 198 valence electrons. The summed E-state index contributed by atoms with van der Waals surface area (Å²) in [5, 5.41) is 2.52. The third-order valence-corrected chi connectivity index (χ3v) is 9.45. The molecule has 3 heterocycles. The molecule has 6 aromatic carbocycles. The average Bonchev–Trinajstić information content (AvgIpc) is 3.60. The van der Waals surface area contributed by atoms with Gasteiger partial charge in [0, 0.05) is 21.4 Å². The Morgan fingerprint density at radius 3 is 1.79 bits per heavy atom. The van der Waals surface area contributed by atoms with Gasteiger partial charge in [-0.2, -0.15) is 0 Å². The van der Waals surface area contributed by atoms with Crippen LogP contribution in [0, 0.1) is 0 Å². The molecule has 0 saturated carbocycles. The molecular formula is C38H25N3S. The molecule has 0 unspecified atom stereocenters. The van der Waals surface area contributed by atoms with Crippen LogP contribution in [0.1, 0.15) is 5.82 Å². The van der Waals surface area contributed by atoms with Gasteiger partial charge in [-0.15, -0.1) is 11.8 Å². The van der Waals surface area contributed by atoms with Gasteiger partial charge in [0.05, 0.1) is 33.5 Å². The van der Waals surface area contributed by atoms with Gasteiger partial charge >= 0.3 is 0 Å². The predicted octanol–water partition coefficient (Wildman–Crippen LogP) is 10.1. The van der Waals surface area contributed by atoms with E-state index in [4.69, 9.17) is 4.98 Å². The number of hydrogen-bond donors (Lipinski definition) is 0. The molecule has 0 bridgehead atoms. The SMILES string of the molecule is c1ccc(-c2ccc3c(c2)c2cc(-c4ccccc4)ccc2n3-c2ccc3c(c2)SCc2nc4ccccc4n2-3)cc1. The van der Waals surface area contributed by atoms with Crippen LogP contribution < -0.4 is 0 Å². The smallest absolute Gasteiger partial charge is 0.124 e. The molecule has 2 aromatic heterocycles. The summed E-state index contributed by atoms with van der Waals surface area (Å²) in [4.78, 5) is 6.19. The van der Waals surface area contributed by atoms with Gasteiger partial charge in [0.2, 0.25) is 0 Å². The second-order valence-corrected chi connectivity index (χ2v) is 11.8. The number of rotatable bonds is 3. The minimum absolute atomic E-state index is 0.860. The predicted molar refractivity (Wildman–Crippen MR) is 176 cm³/mol. The molecule has 0 radical (unpaired) electrons. The van der Waals surface area contributed by atoms with Gasteiger partial charge in [-0.05, 0) is 76.9 Å². The third-order valence-electron chi connectivity index (χ3n) is 8.41. The summed E-state index contributed by atoms with van der Waals surface area (Å²) in [7, 11) is 0. The fourth-order valence-electron chi connectivity index (χ4n) is 6.45. The van der Waals surface area contributed by atoms with E-state index in [9.17, 15) is 0 Å². The summed E-state index contributed by atoms with van der Waals surface area (Å²) in [6.07, 6.45) is 0. The lowest BCUT2D eigenvalue weighted by atomic mass is 10.0. The van der Waals surface area contributed by atoms with Crippen LogP contribution in [-0.4, -0.2) is 14.1 Å². The Labute approximate surface area is 247 Å². The number of fused-ring (bicyclic) bond motifs is 8. The standard InChI is InChI=1S/C38H25N3S/c1-3-9-25(10-4-1)27-15-18-33-30(21-27)31-22-28(26-11-5-2-6-12-26)16-19-34(31)40(33)29-17-20-36-37(23-29)42-24-38-39-32-13-7-8-14-35(32)41(36)38/h1-23H,24H2. The molecule has 4 heteroatoms. The first kappa shape index (κ1) is 23.6. The lowest BCUT2D eigenvalue weighted by molar-refractivity contribution is 0.941. The van der Waals surface area contributed by atoms with E-state index in [2.05, 4.69) is 149 Å². The van der Waals surface area contributed by atoms with E-state index < -0.39 is 0 Å². The second kappa shape index (κ2) is 9.23. The molecule has 42 heavy (non-hydrogen) atoms. The Hall–Kier alpha value is -5.06. The molecule has 0 N–H and O–H groups in total. The first-order valence-corrected chi connectivity index (χ1v) is 15.2.